The molecule has 1 heterocycles. The van der Waals surface area contributed by atoms with Crippen molar-refractivity contribution in [1.82, 2.24) is 4.90 Å². The second-order valence-corrected chi connectivity index (χ2v) is 4.12. The van der Waals surface area contributed by atoms with Crippen LogP contribution < -0.4 is 5.32 Å². The van der Waals surface area contributed by atoms with Crippen molar-refractivity contribution in [2.24, 2.45) is 0 Å². The zero-order valence-electron chi connectivity index (χ0n) is 12.3. The third-order valence-electron chi connectivity index (χ3n) is 2.93. The minimum Gasteiger partial charge on any atom is -0.385 e. The zero-order valence-corrected chi connectivity index (χ0v) is 12.3. The molecule has 0 bridgehead atoms. The fourth-order valence-electron chi connectivity index (χ4n) is 2.06. The Morgan fingerprint density at radius 1 is 1.37 bits per heavy atom. The SMILES string of the molecule is CC.CCNc1ccc2c(c1)C(=O)N(CCOC)C2. The van der Waals surface area contributed by atoms with Crippen molar-refractivity contribution < 1.29 is 9.53 Å². The molecule has 19 heavy (non-hydrogen) atoms. The van der Waals surface area contributed by atoms with Crippen molar-refractivity contribution in [1.29, 1.82) is 0 Å². The van der Waals surface area contributed by atoms with Gasteiger partial charge in [0.15, 0.2) is 0 Å². The van der Waals surface area contributed by atoms with Crippen LogP contribution in [0, 0.1) is 0 Å². The van der Waals surface area contributed by atoms with Crippen molar-refractivity contribution in [3.8, 4) is 0 Å². The van der Waals surface area contributed by atoms with E-state index in [0.717, 1.165) is 23.4 Å². The van der Waals surface area contributed by atoms with Gasteiger partial charge in [-0.1, -0.05) is 19.9 Å². The van der Waals surface area contributed by atoms with Gasteiger partial charge in [-0.2, -0.15) is 0 Å². The molecule has 1 aliphatic rings. The standard InChI is InChI=1S/C13H18N2O2.C2H6/c1-3-14-11-5-4-10-9-15(6-7-17-2)13(16)12(10)8-11;1-2/h4-5,8,14H,3,6-7,9H2,1-2H3;1-2H3. The summed E-state index contributed by atoms with van der Waals surface area (Å²) in [4.78, 5) is 13.9. The van der Waals surface area contributed by atoms with E-state index in [1.807, 2.05) is 43.9 Å². The van der Waals surface area contributed by atoms with Gasteiger partial charge in [-0.25, -0.2) is 0 Å². The van der Waals surface area contributed by atoms with Gasteiger partial charge in [0.2, 0.25) is 0 Å². The minimum atomic E-state index is 0.108. The summed E-state index contributed by atoms with van der Waals surface area (Å²) in [6.07, 6.45) is 0. The molecular formula is C15H24N2O2. The van der Waals surface area contributed by atoms with Crippen LogP contribution >= 0.6 is 0 Å². The first-order valence-corrected chi connectivity index (χ1v) is 6.91. The summed E-state index contributed by atoms with van der Waals surface area (Å²) in [5.41, 5.74) is 2.93. The Labute approximate surface area is 115 Å². The fraction of sp³-hybridized carbons (Fsp3) is 0.533. The van der Waals surface area contributed by atoms with E-state index in [1.54, 1.807) is 7.11 Å². The maximum atomic E-state index is 12.1. The third-order valence-corrected chi connectivity index (χ3v) is 2.93. The molecule has 1 aromatic rings. The largest absolute Gasteiger partial charge is 0.385 e. The van der Waals surface area contributed by atoms with Gasteiger partial charge >= 0.3 is 0 Å². The number of methoxy groups -OCH3 is 1. The van der Waals surface area contributed by atoms with Gasteiger partial charge in [0.05, 0.1) is 6.61 Å². The quantitative estimate of drug-likeness (QED) is 0.889. The molecule has 0 saturated carbocycles. The highest BCUT2D eigenvalue weighted by molar-refractivity contribution is 5.99. The molecule has 2 rings (SSSR count). The van der Waals surface area contributed by atoms with Crippen LogP contribution in [-0.4, -0.2) is 37.6 Å². The molecule has 0 radical (unpaired) electrons. The summed E-state index contributed by atoms with van der Waals surface area (Å²) in [5, 5.41) is 3.22. The molecule has 0 aromatic heterocycles. The van der Waals surface area contributed by atoms with Crippen LogP contribution in [0.3, 0.4) is 0 Å². The summed E-state index contributed by atoms with van der Waals surface area (Å²) in [6, 6.07) is 5.99. The Kier molecular flexibility index (Phi) is 6.36. The van der Waals surface area contributed by atoms with Gasteiger partial charge in [0.25, 0.3) is 5.91 Å². The third kappa shape index (κ3) is 3.70. The monoisotopic (exact) mass is 264 g/mol. The van der Waals surface area contributed by atoms with Crippen molar-refractivity contribution in [3.63, 3.8) is 0 Å². The molecule has 0 atom stereocenters. The average molecular weight is 264 g/mol. The maximum absolute atomic E-state index is 12.1. The topological polar surface area (TPSA) is 41.6 Å². The number of ether oxygens (including phenoxy) is 1. The Bertz CT molecular complexity index is 419. The maximum Gasteiger partial charge on any atom is 0.254 e. The van der Waals surface area contributed by atoms with Crippen molar-refractivity contribution in [3.05, 3.63) is 29.3 Å². The van der Waals surface area contributed by atoms with E-state index in [0.29, 0.717) is 19.7 Å². The summed E-state index contributed by atoms with van der Waals surface area (Å²) >= 11 is 0. The zero-order chi connectivity index (χ0) is 14.3. The van der Waals surface area contributed by atoms with E-state index in [9.17, 15) is 4.79 Å². The lowest BCUT2D eigenvalue weighted by molar-refractivity contribution is 0.0719. The minimum absolute atomic E-state index is 0.108. The van der Waals surface area contributed by atoms with Crippen LogP contribution in [0.25, 0.3) is 0 Å². The second kappa shape index (κ2) is 7.79. The highest BCUT2D eigenvalue weighted by Gasteiger charge is 2.26. The number of anilines is 1. The van der Waals surface area contributed by atoms with Crippen LogP contribution in [0.4, 0.5) is 5.69 Å². The molecule has 4 nitrogen and oxygen atoms in total. The highest BCUT2D eigenvalue weighted by Crippen LogP contribution is 2.25. The Balaban J connectivity index is 0.000000861. The normalized spacial score (nSPS) is 12.8. The van der Waals surface area contributed by atoms with Crippen LogP contribution in [0.5, 0.6) is 0 Å². The smallest absolute Gasteiger partial charge is 0.254 e. The Morgan fingerprint density at radius 2 is 2.11 bits per heavy atom. The second-order valence-electron chi connectivity index (χ2n) is 4.12. The van der Waals surface area contributed by atoms with Crippen LogP contribution in [0.2, 0.25) is 0 Å². The highest BCUT2D eigenvalue weighted by atomic mass is 16.5. The number of carbonyl (C=O) groups is 1. The van der Waals surface area contributed by atoms with E-state index < -0.39 is 0 Å². The molecule has 0 saturated heterocycles. The van der Waals surface area contributed by atoms with Gasteiger partial charge in [0.1, 0.15) is 0 Å². The first-order valence-electron chi connectivity index (χ1n) is 6.91. The average Bonchev–Trinajstić information content (AvgIpc) is 2.76. The van der Waals surface area contributed by atoms with Crippen LogP contribution in [0.15, 0.2) is 18.2 Å². The Hall–Kier alpha value is -1.55. The van der Waals surface area contributed by atoms with Gasteiger partial charge in [-0.05, 0) is 24.6 Å². The first kappa shape index (κ1) is 15.5. The van der Waals surface area contributed by atoms with Crippen molar-refractivity contribution >= 4 is 11.6 Å². The van der Waals surface area contributed by atoms with Gasteiger partial charge in [-0.3, -0.25) is 4.79 Å². The van der Waals surface area contributed by atoms with Crippen LogP contribution in [-0.2, 0) is 11.3 Å². The number of amides is 1. The fourth-order valence-corrected chi connectivity index (χ4v) is 2.06. The lowest BCUT2D eigenvalue weighted by Gasteiger charge is -2.14. The molecule has 0 fully saturated rings. The molecule has 0 unspecified atom stereocenters. The number of nitrogens with one attached hydrogen (secondary N) is 1. The lowest BCUT2D eigenvalue weighted by atomic mass is 10.1. The van der Waals surface area contributed by atoms with Gasteiger partial charge in [0, 0.05) is 38.0 Å². The van der Waals surface area contributed by atoms with Crippen molar-refractivity contribution in [2.45, 2.75) is 27.3 Å². The summed E-state index contributed by atoms with van der Waals surface area (Å²) in [6.45, 7) is 8.84. The number of benzene rings is 1. The number of hydrogen-bond donors (Lipinski definition) is 1. The van der Waals surface area contributed by atoms with E-state index in [2.05, 4.69) is 5.32 Å². The molecule has 1 amide bonds. The molecule has 4 heteroatoms. The number of carbonyl (C=O) groups excluding carboxylic acids is 1. The van der Waals surface area contributed by atoms with Gasteiger partial charge in [-0.15, -0.1) is 0 Å². The molecule has 106 valence electrons. The predicted molar refractivity (Wildman–Crippen MR) is 78.6 cm³/mol. The van der Waals surface area contributed by atoms with E-state index >= 15 is 0 Å². The molecular weight excluding hydrogens is 240 g/mol. The molecule has 0 aliphatic carbocycles. The van der Waals surface area contributed by atoms with Crippen molar-refractivity contribution in [2.75, 3.05) is 32.1 Å². The van der Waals surface area contributed by atoms with Gasteiger partial charge < -0.3 is 15.0 Å². The van der Waals surface area contributed by atoms with Crippen LogP contribution in [0.1, 0.15) is 36.7 Å². The molecule has 1 aromatic carbocycles. The van der Waals surface area contributed by atoms with E-state index in [-0.39, 0.29) is 5.91 Å². The number of rotatable bonds is 5. The number of hydrogen-bond acceptors (Lipinski definition) is 3. The summed E-state index contributed by atoms with van der Waals surface area (Å²) in [7, 11) is 1.65. The molecule has 1 aliphatic heterocycles. The summed E-state index contributed by atoms with van der Waals surface area (Å²) in [5.74, 6) is 0.108. The number of nitrogens with zero attached hydrogens (tertiary/aromatic N) is 1. The Morgan fingerprint density at radius 3 is 2.74 bits per heavy atom. The van der Waals surface area contributed by atoms with E-state index in [1.165, 1.54) is 0 Å². The predicted octanol–water partition coefficient (Wildman–Crippen LogP) is 2.75. The lowest BCUT2D eigenvalue weighted by Crippen LogP contribution is -2.27. The molecule has 0 spiro atoms. The van der Waals surface area contributed by atoms with E-state index in [4.69, 9.17) is 4.74 Å². The first-order chi connectivity index (χ1) is 9.26. The summed E-state index contributed by atoms with van der Waals surface area (Å²) < 4.78 is 5.01. The molecule has 1 N–H and O–H groups in total. The number of fused-ring (bicyclic) bond motifs is 1.